The predicted octanol–water partition coefficient (Wildman–Crippen LogP) is 4.75. The van der Waals surface area contributed by atoms with Crippen LogP contribution in [0.3, 0.4) is 0 Å². The highest BCUT2D eigenvalue weighted by Gasteiger charge is 2.12. The van der Waals surface area contributed by atoms with Gasteiger partial charge < -0.3 is 15.0 Å². The molecular weight excluding hydrogens is 306 g/mol. The number of phenols is 1. The molecule has 0 aliphatic heterocycles. The van der Waals surface area contributed by atoms with E-state index in [1.165, 1.54) is 11.3 Å². The van der Waals surface area contributed by atoms with Crippen LogP contribution in [0.4, 0.5) is 11.5 Å². The Morgan fingerprint density at radius 1 is 1.13 bits per heavy atom. The zero-order valence-corrected chi connectivity index (χ0v) is 13.3. The second-order valence-electron chi connectivity index (χ2n) is 5.36. The Balaban J connectivity index is 1.81. The Morgan fingerprint density at radius 3 is 2.70 bits per heavy atom. The van der Waals surface area contributed by atoms with Gasteiger partial charge in [-0.1, -0.05) is 0 Å². The molecule has 0 aliphatic rings. The van der Waals surface area contributed by atoms with Crippen molar-refractivity contribution in [2.24, 2.45) is 7.05 Å². The molecule has 0 atom stereocenters. The number of thiophene rings is 1. The number of aryl methyl sites for hydroxylation is 1. The second-order valence-corrected chi connectivity index (χ2v) is 6.14. The molecule has 0 unspecified atom stereocenters. The van der Waals surface area contributed by atoms with E-state index in [9.17, 15) is 5.11 Å². The fourth-order valence-electron chi connectivity index (χ4n) is 2.73. The number of nitrogens with one attached hydrogen (secondary N) is 1. The van der Waals surface area contributed by atoms with Crippen molar-refractivity contribution in [3.8, 4) is 17.0 Å². The maximum absolute atomic E-state index is 9.39. The van der Waals surface area contributed by atoms with Gasteiger partial charge in [0.1, 0.15) is 11.6 Å². The number of anilines is 2. The summed E-state index contributed by atoms with van der Waals surface area (Å²) in [6.07, 6.45) is 1.81. The third-order valence-corrected chi connectivity index (χ3v) is 4.60. The van der Waals surface area contributed by atoms with Gasteiger partial charge in [0.15, 0.2) is 0 Å². The Kier molecular flexibility index (Phi) is 3.28. The summed E-state index contributed by atoms with van der Waals surface area (Å²) in [5, 5.41) is 18.0. The van der Waals surface area contributed by atoms with Crippen molar-refractivity contribution >= 4 is 33.7 Å². The maximum atomic E-state index is 9.39. The van der Waals surface area contributed by atoms with Crippen LogP contribution in [0.5, 0.6) is 5.75 Å². The van der Waals surface area contributed by atoms with Gasteiger partial charge in [-0.05, 0) is 47.8 Å². The molecule has 0 amide bonds. The number of hydrogen-bond donors (Lipinski definition) is 2. The highest BCUT2D eigenvalue weighted by molar-refractivity contribution is 7.08. The lowest BCUT2D eigenvalue weighted by Crippen LogP contribution is -1.94. The monoisotopic (exact) mass is 321 g/mol. The van der Waals surface area contributed by atoms with Crippen LogP contribution in [0.1, 0.15) is 0 Å². The van der Waals surface area contributed by atoms with Gasteiger partial charge in [-0.2, -0.15) is 11.3 Å². The van der Waals surface area contributed by atoms with Gasteiger partial charge in [-0.25, -0.2) is 4.98 Å². The fraction of sp³-hybridized carbons (Fsp3) is 0.0556. The summed E-state index contributed by atoms with van der Waals surface area (Å²) in [6, 6.07) is 13.3. The lowest BCUT2D eigenvalue weighted by molar-refractivity contribution is 0.475. The summed E-state index contributed by atoms with van der Waals surface area (Å²) in [6.45, 7) is 0. The normalized spacial score (nSPS) is 11.0. The van der Waals surface area contributed by atoms with Crippen molar-refractivity contribution in [3.05, 3.63) is 59.4 Å². The van der Waals surface area contributed by atoms with Crippen molar-refractivity contribution in [3.63, 3.8) is 0 Å². The Bertz CT molecular complexity index is 956. The van der Waals surface area contributed by atoms with Crippen LogP contribution in [-0.4, -0.2) is 14.7 Å². The van der Waals surface area contributed by atoms with Crippen molar-refractivity contribution in [1.29, 1.82) is 0 Å². The Hall–Kier alpha value is -2.79. The van der Waals surface area contributed by atoms with Crippen LogP contribution in [0, 0.1) is 0 Å². The molecule has 23 heavy (non-hydrogen) atoms. The number of fused-ring (bicyclic) bond motifs is 1. The average molecular weight is 321 g/mol. The number of benzene rings is 1. The average Bonchev–Trinajstić information content (AvgIpc) is 3.19. The molecule has 1 aromatic carbocycles. The number of rotatable bonds is 3. The smallest absolute Gasteiger partial charge is 0.139 e. The highest BCUT2D eigenvalue weighted by atomic mass is 32.1. The Morgan fingerprint density at radius 2 is 1.96 bits per heavy atom. The van der Waals surface area contributed by atoms with E-state index in [4.69, 9.17) is 0 Å². The van der Waals surface area contributed by atoms with Crippen molar-refractivity contribution in [2.45, 2.75) is 0 Å². The molecular formula is C18H15N3OS. The largest absolute Gasteiger partial charge is 0.508 e. The van der Waals surface area contributed by atoms with Crippen molar-refractivity contribution < 1.29 is 5.11 Å². The van der Waals surface area contributed by atoms with Gasteiger partial charge in [0.05, 0.1) is 5.52 Å². The number of aromatic hydroxyl groups is 1. The highest BCUT2D eigenvalue weighted by Crippen LogP contribution is 2.32. The molecule has 5 heteroatoms. The topological polar surface area (TPSA) is 50.1 Å². The van der Waals surface area contributed by atoms with Gasteiger partial charge in [-0.15, -0.1) is 0 Å². The molecule has 0 radical (unpaired) electrons. The van der Waals surface area contributed by atoms with Crippen LogP contribution >= 0.6 is 11.3 Å². The molecule has 4 aromatic rings. The zero-order valence-electron chi connectivity index (χ0n) is 12.5. The van der Waals surface area contributed by atoms with E-state index in [0.717, 1.165) is 22.4 Å². The first-order chi connectivity index (χ1) is 11.2. The van der Waals surface area contributed by atoms with Crippen LogP contribution in [-0.2, 0) is 7.05 Å². The SMILES string of the molecule is Cn1c(-c2ccsc2)cc2c(Nc3ccc(O)cc3)nccc21. The van der Waals surface area contributed by atoms with Crippen LogP contribution in [0.15, 0.2) is 59.4 Å². The van der Waals surface area contributed by atoms with Crippen LogP contribution in [0.25, 0.3) is 22.2 Å². The molecule has 0 fully saturated rings. The third kappa shape index (κ3) is 2.45. The quantitative estimate of drug-likeness (QED) is 0.535. The van der Waals surface area contributed by atoms with E-state index in [2.05, 4.69) is 44.8 Å². The molecule has 4 rings (SSSR count). The lowest BCUT2D eigenvalue weighted by atomic mass is 10.2. The number of pyridine rings is 1. The van der Waals surface area contributed by atoms with Gasteiger partial charge in [0, 0.05) is 41.0 Å². The maximum Gasteiger partial charge on any atom is 0.139 e. The van der Waals surface area contributed by atoms with Crippen LogP contribution in [0.2, 0.25) is 0 Å². The molecule has 3 heterocycles. The van der Waals surface area contributed by atoms with Crippen molar-refractivity contribution in [2.75, 3.05) is 5.32 Å². The molecule has 0 saturated heterocycles. The van der Waals surface area contributed by atoms with E-state index in [0.29, 0.717) is 0 Å². The van der Waals surface area contributed by atoms with Crippen LogP contribution < -0.4 is 5.32 Å². The van der Waals surface area contributed by atoms with Gasteiger partial charge in [-0.3, -0.25) is 0 Å². The summed E-state index contributed by atoms with van der Waals surface area (Å²) in [7, 11) is 2.07. The molecule has 3 aromatic heterocycles. The van der Waals surface area contributed by atoms with Crippen molar-refractivity contribution in [1.82, 2.24) is 9.55 Å². The standard InChI is InChI=1S/C18H15N3OS/c1-21-16-6-8-19-18(20-13-2-4-14(22)5-3-13)15(16)10-17(21)12-7-9-23-11-12/h2-11,22H,1H3,(H,19,20). The molecule has 114 valence electrons. The number of phenolic OH excluding ortho intramolecular Hbond substituents is 1. The molecule has 2 N–H and O–H groups in total. The van der Waals surface area contributed by atoms with E-state index < -0.39 is 0 Å². The predicted molar refractivity (Wildman–Crippen MR) is 95.4 cm³/mol. The van der Waals surface area contributed by atoms with E-state index in [1.54, 1.807) is 23.5 Å². The first kappa shape index (κ1) is 13.8. The minimum Gasteiger partial charge on any atom is -0.508 e. The lowest BCUT2D eigenvalue weighted by Gasteiger charge is -2.07. The fourth-order valence-corrected chi connectivity index (χ4v) is 3.38. The number of aromatic nitrogens is 2. The van der Waals surface area contributed by atoms with E-state index >= 15 is 0 Å². The zero-order chi connectivity index (χ0) is 15.8. The summed E-state index contributed by atoms with van der Waals surface area (Å²) < 4.78 is 2.18. The molecule has 0 spiro atoms. The van der Waals surface area contributed by atoms with E-state index in [-0.39, 0.29) is 5.75 Å². The minimum atomic E-state index is 0.251. The summed E-state index contributed by atoms with van der Waals surface area (Å²) in [4.78, 5) is 4.48. The van der Waals surface area contributed by atoms with E-state index in [1.807, 2.05) is 24.4 Å². The number of hydrogen-bond acceptors (Lipinski definition) is 4. The molecule has 4 nitrogen and oxygen atoms in total. The first-order valence-electron chi connectivity index (χ1n) is 7.25. The molecule has 0 bridgehead atoms. The summed E-state index contributed by atoms with van der Waals surface area (Å²) >= 11 is 1.69. The summed E-state index contributed by atoms with van der Waals surface area (Å²) in [5.74, 6) is 1.06. The van der Waals surface area contributed by atoms with Gasteiger partial charge in [0.2, 0.25) is 0 Å². The second kappa shape index (κ2) is 5.44. The van der Waals surface area contributed by atoms with Gasteiger partial charge >= 0.3 is 0 Å². The Labute approximate surface area is 137 Å². The molecule has 0 saturated carbocycles. The first-order valence-corrected chi connectivity index (χ1v) is 8.20. The molecule has 0 aliphatic carbocycles. The summed E-state index contributed by atoms with van der Waals surface area (Å²) in [5.41, 5.74) is 4.40. The minimum absolute atomic E-state index is 0.251. The number of nitrogens with zero attached hydrogens (tertiary/aromatic N) is 2. The van der Waals surface area contributed by atoms with Gasteiger partial charge in [0.25, 0.3) is 0 Å². The third-order valence-electron chi connectivity index (χ3n) is 3.92.